The van der Waals surface area contributed by atoms with Gasteiger partial charge in [0.1, 0.15) is 5.82 Å². The Balaban J connectivity index is 2.03. The second-order valence-electron chi connectivity index (χ2n) is 3.86. The molecular weight excluding hydrogens is 221 g/mol. The monoisotopic (exact) mass is 241 g/mol. The Bertz CT molecular complexity index is 291. The summed E-state index contributed by atoms with van der Waals surface area (Å²) in [4.78, 5) is 0. The number of benzene rings is 1. The molecule has 1 nitrogen and oxygen atoms in total. The van der Waals surface area contributed by atoms with Gasteiger partial charge in [0.05, 0.1) is 0 Å². The van der Waals surface area contributed by atoms with Gasteiger partial charge in [-0.3, -0.25) is 0 Å². The largest absolute Gasteiger partial charge is 0.313 e. The van der Waals surface area contributed by atoms with Crippen LogP contribution in [-0.4, -0.2) is 18.6 Å². The Morgan fingerprint density at radius 3 is 2.88 bits per heavy atom. The van der Waals surface area contributed by atoms with Crippen molar-refractivity contribution in [3.05, 3.63) is 35.6 Å². The highest BCUT2D eigenvalue weighted by atomic mass is 32.2. The fourth-order valence-corrected chi connectivity index (χ4v) is 2.05. The van der Waals surface area contributed by atoms with Crippen molar-refractivity contribution in [2.45, 2.75) is 25.8 Å². The molecule has 1 aromatic rings. The van der Waals surface area contributed by atoms with Gasteiger partial charge in [0.15, 0.2) is 0 Å². The first kappa shape index (κ1) is 13.5. The number of halogens is 1. The molecule has 90 valence electrons. The van der Waals surface area contributed by atoms with Crippen LogP contribution in [0.5, 0.6) is 0 Å². The van der Waals surface area contributed by atoms with Crippen LogP contribution in [0.15, 0.2) is 24.3 Å². The van der Waals surface area contributed by atoms with Crippen molar-refractivity contribution in [3.8, 4) is 0 Å². The minimum Gasteiger partial charge on any atom is -0.313 e. The molecule has 0 aromatic heterocycles. The summed E-state index contributed by atoms with van der Waals surface area (Å²) in [7, 11) is 0. The fraction of sp³-hybridized carbons (Fsp3) is 0.538. The average Bonchev–Trinajstić information content (AvgIpc) is 2.28. The lowest BCUT2D eigenvalue weighted by atomic mass is 10.2. The molecule has 3 heteroatoms. The lowest BCUT2D eigenvalue weighted by Gasteiger charge is -2.04. The molecule has 0 unspecified atom stereocenters. The molecule has 0 fully saturated rings. The Labute approximate surface area is 102 Å². The Kier molecular flexibility index (Phi) is 7.26. The summed E-state index contributed by atoms with van der Waals surface area (Å²) in [5.41, 5.74) is 1.02. The van der Waals surface area contributed by atoms with E-state index in [4.69, 9.17) is 0 Å². The summed E-state index contributed by atoms with van der Waals surface area (Å²) in [5, 5.41) is 3.33. The number of hydrogen-bond acceptors (Lipinski definition) is 2. The zero-order chi connectivity index (χ0) is 11.6. The average molecular weight is 241 g/mol. The van der Waals surface area contributed by atoms with Gasteiger partial charge in [-0.05, 0) is 49.1 Å². The first-order valence-corrected chi connectivity index (χ1v) is 7.16. The van der Waals surface area contributed by atoms with Crippen molar-refractivity contribution in [2.75, 3.05) is 18.6 Å². The van der Waals surface area contributed by atoms with Crippen LogP contribution in [0.2, 0.25) is 0 Å². The molecule has 0 aliphatic heterocycles. The second-order valence-corrected chi connectivity index (χ2v) is 4.85. The maximum absolute atomic E-state index is 12.9. The maximum atomic E-state index is 12.9. The van der Waals surface area contributed by atoms with Gasteiger partial charge in [-0.25, -0.2) is 4.39 Å². The van der Waals surface area contributed by atoms with Gasteiger partial charge in [-0.15, -0.1) is 0 Å². The highest BCUT2D eigenvalue weighted by molar-refractivity contribution is 7.98. The van der Waals surface area contributed by atoms with E-state index < -0.39 is 0 Å². The lowest BCUT2D eigenvalue weighted by molar-refractivity contribution is 0.606. The molecule has 16 heavy (non-hydrogen) atoms. The molecule has 0 radical (unpaired) electrons. The van der Waals surface area contributed by atoms with Gasteiger partial charge in [0, 0.05) is 6.54 Å². The molecule has 0 aliphatic carbocycles. The smallest absolute Gasteiger partial charge is 0.123 e. The van der Waals surface area contributed by atoms with Crippen molar-refractivity contribution in [3.63, 3.8) is 0 Å². The summed E-state index contributed by atoms with van der Waals surface area (Å²) >= 11 is 1.90. The zero-order valence-corrected chi connectivity index (χ0v) is 10.7. The molecule has 0 bridgehead atoms. The van der Waals surface area contributed by atoms with Gasteiger partial charge in [0.25, 0.3) is 0 Å². The molecule has 0 heterocycles. The van der Waals surface area contributed by atoms with Crippen LogP contribution in [0.3, 0.4) is 0 Å². The van der Waals surface area contributed by atoms with E-state index in [9.17, 15) is 4.39 Å². The van der Waals surface area contributed by atoms with E-state index in [1.165, 1.54) is 31.1 Å². The molecule has 0 amide bonds. The van der Waals surface area contributed by atoms with Gasteiger partial charge in [-0.1, -0.05) is 18.6 Å². The first-order chi connectivity index (χ1) is 7.83. The number of thioether (sulfide) groups is 1. The van der Waals surface area contributed by atoms with Gasteiger partial charge < -0.3 is 5.32 Å². The molecule has 1 rings (SSSR count). The van der Waals surface area contributed by atoms with E-state index >= 15 is 0 Å². The maximum Gasteiger partial charge on any atom is 0.123 e. The third-order valence-electron chi connectivity index (χ3n) is 2.42. The molecule has 0 saturated carbocycles. The lowest BCUT2D eigenvalue weighted by Crippen LogP contribution is -2.14. The highest BCUT2D eigenvalue weighted by Gasteiger charge is 1.94. The van der Waals surface area contributed by atoms with Crippen LogP contribution in [0.25, 0.3) is 0 Å². The predicted octanol–water partition coefficient (Wildman–Crippen LogP) is 3.45. The van der Waals surface area contributed by atoms with Crippen molar-refractivity contribution < 1.29 is 4.39 Å². The van der Waals surface area contributed by atoms with E-state index in [2.05, 4.69) is 11.6 Å². The summed E-state index contributed by atoms with van der Waals surface area (Å²) in [5.74, 6) is 1.10. The van der Waals surface area contributed by atoms with E-state index in [0.717, 1.165) is 18.7 Å². The SMILES string of the molecule is CSCCCCCNCc1cccc(F)c1. The molecular formula is C13H20FNS. The highest BCUT2D eigenvalue weighted by Crippen LogP contribution is 2.04. The predicted molar refractivity (Wildman–Crippen MR) is 70.3 cm³/mol. The number of hydrogen-bond donors (Lipinski definition) is 1. The van der Waals surface area contributed by atoms with Crippen molar-refractivity contribution in [1.29, 1.82) is 0 Å². The van der Waals surface area contributed by atoms with Crippen LogP contribution in [0.1, 0.15) is 24.8 Å². The number of nitrogens with one attached hydrogen (secondary N) is 1. The normalized spacial score (nSPS) is 10.6. The standard InChI is InChI=1S/C13H20FNS/c1-16-9-4-2-3-8-15-11-12-6-5-7-13(14)10-12/h5-7,10,15H,2-4,8-9,11H2,1H3. The van der Waals surface area contributed by atoms with Crippen LogP contribution in [0, 0.1) is 5.82 Å². The Morgan fingerprint density at radius 2 is 2.12 bits per heavy atom. The summed E-state index contributed by atoms with van der Waals surface area (Å²) in [6.45, 7) is 1.78. The van der Waals surface area contributed by atoms with E-state index in [1.807, 2.05) is 17.8 Å². The van der Waals surface area contributed by atoms with E-state index in [-0.39, 0.29) is 5.82 Å². The molecule has 0 atom stereocenters. The van der Waals surface area contributed by atoms with E-state index in [1.54, 1.807) is 12.1 Å². The summed E-state index contributed by atoms with van der Waals surface area (Å²) < 4.78 is 12.9. The third-order valence-corrected chi connectivity index (χ3v) is 3.12. The zero-order valence-electron chi connectivity index (χ0n) is 9.84. The van der Waals surface area contributed by atoms with Gasteiger partial charge in [-0.2, -0.15) is 11.8 Å². The molecule has 0 saturated heterocycles. The second kappa shape index (κ2) is 8.59. The van der Waals surface area contributed by atoms with Crippen molar-refractivity contribution >= 4 is 11.8 Å². The number of unbranched alkanes of at least 4 members (excludes halogenated alkanes) is 2. The number of rotatable bonds is 8. The molecule has 1 N–H and O–H groups in total. The van der Waals surface area contributed by atoms with Crippen molar-refractivity contribution in [2.24, 2.45) is 0 Å². The Morgan fingerprint density at radius 1 is 1.25 bits per heavy atom. The minimum atomic E-state index is -0.153. The van der Waals surface area contributed by atoms with Crippen LogP contribution in [0.4, 0.5) is 4.39 Å². The summed E-state index contributed by atoms with van der Waals surface area (Å²) in [6.07, 6.45) is 5.91. The van der Waals surface area contributed by atoms with Gasteiger partial charge >= 0.3 is 0 Å². The van der Waals surface area contributed by atoms with E-state index in [0.29, 0.717) is 0 Å². The fourth-order valence-electron chi connectivity index (χ4n) is 1.55. The molecule has 0 aliphatic rings. The minimum absolute atomic E-state index is 0.153. The van der Waals surface area contributed by atoms with Crippen molar-refractivity contribution in [1.82, 2.24) is 5.32 Å². The topological polar surface area (TPSA) is 12.0 Å². The van der Waals surface area contributed by atoms with Crippen LogP contribution in [-0.2, 0) is 6.54 Å². The quantitative estimate of drug-likeness (QED) is 0.700. The third kappa shape index (κ3) is 6.13. The van der Waals surface area contributed by atoms with Crippen LogP contribution < -0.4 is 5.32 Å². The first-order valence-electron chi connectivity index (χ1n) is 5.77. The van der Waals surface area contributed by atoms with Gasteiger partial charge in [0.2, 0.25) is 0 Å². The molecule has 0 spiro atoms. The van der Waals surface area contributed by atoms with Crippen LogP contribution >= 0.6 is 11.8 Å². The summed E-state index contributed by atoms with van der Waals surface area (Å²) in [6, 6.07) is 6.77. The molecule has 1 aromatic carbocycles. The Hall–Kier alpha value is -0.540.